The van der Waals surface area contributed by atoms with Gasteiger partial charge in [0.05, 0.1) is 5.69 Å². The van der Waals surface area contributed by atoms with Crippen LogP contribution in [0.4, 0.5) is 0 Å². The Labute approximate surface area is 182 Å². The number of amides is 1. The molecule has 4 nitrogen and oxygen atoms in total. The zero-order valence-corrected chi connectivity index (χ0v) is 17.7. The number of aromatic nitrogens is 1. The van der Waals surface area contributed by atoms with Gasteiger partial charge in [0.25, 0.3) is 5.91 Å². The van der Waals surface area contributed by atoms with Crippen LogP contribution in [0, 0.1) is 0 Å². The van der Waals surface area contributed by atoms with E-state index in [9.17, 15) is 4.79 Å². The van der Waals surface area contributed by atoms with E-state index in [0.717, 1.165) is 35.3 Å². The molecule has 1 aliphatic heterocycles. The molecule has 2 heterocycles. The number of nitrogens with zero attached hydrogens (tertiary/aromatic N) is 2. The lowest BCUT2D eigenvalue weighted by Crippen LogP contribution is -2.25. The molecule has 0 radical (unpaired) electrons. The Hall–Kier alpha value is -2.69. The second-order valence-corrected chi connectivity index (χ2v) is 8.17. The number of benzene rings is 2. The van der Waals surface area contributed by atoms with Gasteiger partial charge in [-0.05, 0) is 79.4 Å². The zero-order chi connectivity index (χ0) is 20.8. The minimum atomic E-state index is -0.0590. The smallest absolute Gasteiger partial charge is 0.251 e. The van der Waals surface area contributed by atoms with Crippen LogP contribution in [0.5, 0.6) is 0 Å². The quantitative estimate of drug-likeness (QED) is 0.588. The van der Waals surface area contributed by atoms with Crippen LogP contribution < -0.4 is 5.32 Å². The van der Waals surface area contributed by atoms with Gasteiger partial charge in [0, 0.05) is 29.9 Å². The summed E-state index contributed by atoms with van der Waals surface area (Å²) in [6.45, 7) is 3.88. The van der Waals surface area contributed by atoms with E-state index in [4.69, 9.17) is 11.6 Å². The molecule has 4 rings (SSSR count). The van der Waals surface area contributed by atoms with Crippen molar-refractivity contribution >= 4 is 17.5 Å². The number of carbonyl (C=O) groups is 1. The third kappa shape index (κ3) is 5.47. The van der Waals surface area contributed by atoms with Crippen LogP contribution in [0.3, 0.4) is 0 Å². The fourth-order valence-electron chi connectivity index (χ4n) is 3.75. The molecule has 3 aromatic rings. The number of carbonyl (C=O) groups excluding carboxylic acids is 1. The van der Waals surface area contributed by atoms with E-state index in [0.29, 0.717) is 17.1 Å². The van der Waals surface area contributed by atoms with Crippen molar-refractivity contribution in [2.24, 2.45) is 0 Å². The van der Waals surface area contributed by atoms with Crippen molar-refractivity contribution in [3.63, 3.8) is 0 Å². The molecule has 5 heteroatoms. The molecule has 1 saturated heterocycles. The number of hydrogen-bond donors (Lipinski definition) is 1. The fourth-order valence-corrected chi connectivity index (χ4v) is 3.87. The van der Waals surface area contributed by atoms with Gasteiger partial charge in [-0.3, -0.25) is 14.7 Å². The SMILES string of the molecule is O=C(NCCc1ccc(CN2CCCC2)nc1)c1ccc(-c2ccc(Cl)cc2)cc1. The maximum Gasteiger partial charge on any atom is 0.251 e. The molecule has 0 spiro atoms. The van der Waals surface area contributed by atoms with Crippen molar-refractivity contribution in [1.29, 1.82) is 0 Å². The van der Waals surface area contributed by atoms with Gasteiger partial charge in [0.15, 0.2) is 0 Å². The average molecular weight is 420 g/mol. The molecular formula is C25H26ClN3O. The molecule has 154 valence electrons. The Morgan fingerprint density at radius 1 is 0.933 bits per heavy atom. The second kappa shape index (κ2) is 9.88. The summed E-state index contributed by atoms with van der Waals surface area (Å²) in [6, 6.07) is 19.5. The van der Waals surface area contributed by atoms with E-state index >= 15 is 0 Å². The van der Waals surface area contributed by atoms with E-state index in [1.807, 2.05) is 54.7 Å². The Morgan fingerprint density at radius 2 is 1.60 bits per heavy atom. The van der Waals surface area contributed by atoms with Crippen LogP contribution >= 0.6 is 11.6 Å². The molecule has 0 bridgehead atoms. The third-order valence-corrected chi connectivity index (χ3v) is 5.75. The molecule has 0 saturated carbocycles. The van der Waals surface area contributed by atoms with Gasteiger partial charge in [0.2, 0.25) is 0 Å². The molecule has 1 aromatic heterocycles. The Kier molecular flexibility index (Phi) is 6.77. The number of pyridine rings is 1. The Balaban J connectivity index is 1.25. The highest BCUT2D eigenvalue weighted by Gasteiger charge is 2.12. The van der Waals surface area contributed by atoms with Crippen molar-refractivity contribution in [3.8, 4) is 11.1 Å². The highest BCUT2D eigenvalue weighted by Crippen LogP contribution is 2.22. The van der Waals surface area contributed by atoms with Gasteiger partial charge in [-0.25, -0.2) is 0 Å². The molecule has 1 amide bonds. The van der Waals surface area contributed by atoms with Gasteiger partial charge in [-0.15, -0.1) is 0 Å². The Bertz CT molecular complexity index is 963. The van der Waals surface area contributed by atoms with Gasteiger partial charge >= 0.3 is 0 Å². The largest absolute Gasteiger partial charge is 0.352 e. The van der Waals surface area contributed by atoms with E-state index < -0.39 is 0 Å². The van der Waals surface area contributed by atoms with Crippen molar-refractivity contribution in [2.75, 3.05) is 19.6 Å². The number of halogens is 1. The summed E-state index contributed by atoms with van der Waals surface area (Å²) in [5.41, 5.74) is 5.05. The van der Waals surface area contributed by atoms with Gasteiger partial charge in [0.1, 0.15) is 0 Å². The minimum absolute atomic E-state index is 0.0590. The lowest BCUT2D eigenvalue weighted by atomic mass is 10.0. The van der Waals surface area contributed by atoms with Gasteiger partial charge in [-0.1, -0.05) is 41.9 Å². The van der Waals surface area contributed by atoms with E-state index in [1.54, 1.807) is 0 Å². The van der Waals surface area contributed by atoms with Gasteiger partial charge in [-0.2, -0.15) is 0 Å². The fraction of sp³-hybridized carbons (Fsp3) is 0.280. The molecular weight excluding hydrogens is 394 g/mol. The van der Waals surface area contributed by atoms with Crippen LogP contribution in [0.2, 0.25) is 5.02 Å². The standard InChI is InChI=1S/C25H26ClN3O/c26-23-10-8-21(9-11-23)20-4-6-22(7-5-20)25(30)27-14-13-19-3-12-24(28-17-19)18-29-15-1-2-16-29/h3-12,17H,1-2,13-16,18H2,(H,27,30). The predicted octanol–water partition coefficient (Wildman–Crippen LogP) is 4.97. The number of nitrogens with one attached hydrogen (secondary N) is 1. The lowest BCUT2D eigenvalue weighted by Gasteiger charge is -2.13. The summed E-state index contributed by atoms with van der Waals surface area (Å²) in [5.74, 6) is -0.0590. The number of rotatable bonds is 7. The molecule has 2 aromatic carbocycles. The topological polar surface area (TPSA) is 45.2 Å². The number of likely N-dealkylation sites (tertiary alicyclic amines) is 1. The molecule has 1 fully saturated rings. The van der Waals surface area contributed by atoms with Crippen molar-refractivity contribution < 1.29 is 4.79 Å². The zero-order valence-electron chi connectivity index (χ0n) is 17.0. The maximum absolute atomic E-state index is 12.4. The Morgan fingerprint density at radius 3 is 2.23 bits per heavy atom. The first-order valence-electron chi connectivity index (χ1n) is 10.5. The molecule has 1 aliphatic rings. The van der Waals surface area contributed by atoms with Crippen LogP contribution in [0.15, 0.2) is 66.9 Å². The first-order valence-corrected chi connectivity index (χ1v) is 10.9. The van der Waals surface area contributed by atoms with Crippen molar-refractivity contribution in [3.05, 3.63) is 88.7 Å². The van der Waals surface area contributed by atoms with Crippen molar-refractivity contribution in [2.45, 2.75) is 25.8 Å². The van der Waals surface area contributed by atoms with Crippen LogP contribution in [-0.2, 0) is 13.0 Å². The van der Waals surface area contributed by atoms with Gasteiger partial charge < -0.3 is 5.32 Å². The summed E-state index contributed by atoms with van der Waals surface area (Å²) in [5, 5.41) is 3.71. The minimum Gasteiger partial charge on any atom is -0.352 e. The van der Waals surface area contributed by atoms with Crippen LogP contribution in [0.25, 0.3) is 11.1 Å². The molecule has 0 aliphatic carbocycles. The third-order valence-electron chi connectivity index (χ3n) is 5.49. The summed E-state index contributed by atoms with van der Waals surface area (Å²) >= 11 is 5.94. The van der Waals surface area contributed by atoms with Crippen LogP contribution in [0.1, 0.15) is 34.5 Å². The van der Waals surface area contributed by atoms with E-state index in [1.165, 1.54) is 25.9 Å². The van der Waals surface area contributed by atoms with Crippen molar-refractivity contribution in [1.82, 2.24) is 15.2 Å². The van der Waals surface area contributed by atoms with E-state index in [2.05, 4.69) is 27.3 Å². The summed E-state index contributed by atoms with van der Waals surface area (Å²) in [7, 11) is 0. The van der Waals surface area contributed by atoms with Crippen LogP contribution in [-0.4, -0.2) is 35.4 Å². The molecule has 30 heavy (non-hydrogen) atoms. The highest BCUT2D eigenvalue weighted by molar-refractivity contribution is 6.30. The van der Waals surface area contributed by atoms with E-state index in [-0.39, 0.29) is 5.91 Å². The molecule has 0 atom stereocenters. The monoisotopic (exact) mass is 419 g/mol. The average Bonchev–Trinajstić information content (AvgIpc) is 3.29. The second-order valence-electron chi connectivity index (χ2n) is 7.73. The molecule has 1 N–H and O–H groups in total. The summed E-state index contributed by atoms with van der Waals surface area (Å²) in [4.78, 5) is 19.4. The number of hydrogen-bond acceptors (Lipinski definition) is 3. The highest BCUT2D eigenvalue weighted by atomic mass is 35.5. The predicted molar refractivity (Wildman–Crippen MR) is 122 cm³/mol. The first kappa shape index (κ1) is 20.6. The summed E-state index contributed by atoms with van der Waals surface area (Å²) < 4.78 is 0. The lowest BCUT2D eigenvalue weighted by molar-refractivity contribution is 0.0954. The molecule has 0 unspecified atom stereocenters. The maximum atomic E-state index is 12.4. The first-order chi connectivity index (χ1) is 14.7. The normalized spacial score (nSPS) is 14.0. The summed E-state index contributed by atoms with van der Waals surface area (Å²) in [6.07, 6.45) is 5.29.